The van der Waals surface area contributed by atoms with Gasteiger partial charge in [-0.3, -0.25) is 4.79 Å². The van der Waals surface area contributed by atoms with Gasteiger partial charge in [-0.25, -0.2) is 0 Å². The van der Waals surface area contributed by atoms with Crippen LogP contribution in [0.4, 0.5) is 0 Å². The van der Waals surface area contributed by atoms with Crippen LogP contribution in [0.2, 0.25) is 0 Å². The molecule has 1 aliphatic heterocycles. The van der Waals surface area contributed by atoms with Gasteiger partial charge in [0.15, 0.2) is 0 Å². The fourth-order valence-electron chi connectivity index (χ4n) is 1.89. The second kappa shape index (κ2) is 4.99. The number of halogens is 1. The fraction of sp³-hybridized carbons (Fsp3) is 0.900. The number of hydrogen-bond acceptors (Lipinski definition) is 2. The van der Waals surface area contributed by atoms with Crippen LogP contribution in [0, 0.1) is 11.3 Å². The van der Waals surface area contributed by atoms with Gasteiger partial charge in [0.1, 0.15) is 6.04 Å². The molecule has 14 heavy (non-hydrogen) atoms. The summed E-state index contributed by atoms with van der Waals surface area (Å²) in [5.41, 5.74) is 0.232. The third kappa shape index (κ3) is 3.46. The van der Waals surface area contributed by atoms with Crippen LogP contribution >= 0.6 is 12.4 Å². The molecule has 0 bridgehead atoms. The Morgan fingerprint density at radius 3 is 2.43 bits per heavy atom. The van der Waals surface area contributed by atoms with Gasteiger partial charge >= 0.3 is 5.97 Å². The van der Waals surface area contributed by atoms with Gasteiger partial charge in [0.2, 0.25) is 0 Å². The van der Waals surface area contributed by atoms with E-state index in [0.717, 1.165) is 19.4 Å². The van der Waals surface area contributed by atoms with Crippen LogP contribution in [0.25, 0.3) is 0 Å². The van der Waals surface area contributed by atoms with Gasteiger partial charge < -0.3 is 10.4 Å². The molecule has 4 heteroatoms. The average Bonchev–Trinajstić information content (AvgIpc) is 2.03. The molecule has 0 spiro atoms. The topological polar surface area (TPSA) is 49.3 Å². The first-order valence-corrected chi connectivity index (χ1v) is 4.87. The van der Waals surface area contributed by atoms with E-state index in [-0.39, 0.29) is 23.9 Å². The number of nitrogens with one attached hydrogen (secondary N) is 1. The quantitative estimate of drug-likeness (QED) is 0.711. The van der Waals surface area contributed by atoms with Gasteiger partial charge in [-0.1, -0.05) is 20.8 Å². The van der Waals surface area contributed by atoms with E-state index >= 15 is 0 Å². The monoisotopic (exact) mass is 221 g/mol. The van der Waals surface area contributed by atoms with Crippen LogP contribution in [0.3, 0.4) is 0 Å². The highest BCUT2D eigenvalue weighted by atomic mass is 35.5. The van der Waals surface area contributed by atoms with Crippen LogP contribution in [0.1, 0.15) is 33.6 Å². The Balaban J connectivity index is 0.00000169. The summed E-state index contributed by atoms with van der Waals surface area (Å²) in [6, 6.07) is -0.335. The van der Waals surface area contributed by atoms with Crippen molar-refractivity contribution in [1.82, 2.24) is 5.32 Å². The van der Waals surface area contributed by atoms with E-state index in [4.69, 9.17) is 5.11 Å². The molecule has 0 unspecified atom stereocenters. The summed E-state index contributed by atoms with van der Waals surface area (Å²) in [5, 5.41) is 11.9. The Hall–Kier alpha value is -0.280. The first kappa shape index (κ1) is 13.7. The molecule has 0 aliphatic carbocycles. The van der Waals surface area contributed by atoms with Crippen molar-refractivity contribution in [1.29, 1.82) is 0 Å². The zero-order valence-corrected chi connectivity index (χ0v) is 9.86. The molecule has 0 aromatic rings. The number of carbonyl (C=O) groups is 1. The number of hydrogen-bond donors (Lipinski definition) is 2. The number of carboxylic acids is 1. The molecule has 1 aliphatic rings. The largest absolute Gasteiger partial charge is 0.480 e. The Bertz CT molecular complexity index is 201. The van der Waals surface area contributed by atoms with Crippen molar-refractivity contribution < 1.29 is 9.90 Å². The molecule has 0 saturated carbocycles. The molecule has 0 aromatic heterocycles. The predicted octanol–water partition coefficient (Wildman–Crippen LogP) is 1.91. The maximum absolute atomic E-state index is 10.8. The smallest absolute Gasteiger partial charge is 0.320 e. The molecule has 1 rings (SSSR count). The first-order chi connectivity index (χ1) is 5.91. The minimum absolute atomic E-state index is 0. The number of carboxylic acid groups (broad SMARTS) is 1. The second-order valence-corrected chi connectivity index (χ2v) is 4.93. The summed E-state index contributed by atoms with van der Waals surface area (Å²) in [5.74, 6) is -0.191. The standard InChI is InChI=1S/C10H19NO2.ClH/c1-10(2,3)7-4-5-11-8(6-7)9(12)13;/h7-8,11H,4-6H2,1-3H3,(H,12,13);1H/t7-,8+;/m1./s1. The molecule has 1 saturated heterocycles. The third-order valence-corrected chi connectivity index (χ3v) is 2.93. The van der Waals surface area contributed by atoms with Gasteiger partial charge in [-0.2, -0.15) is 0 Å². The van der Waals surface area contributed by atoms with E-state index in [1.165, 1.54) is 0 Å². The highest BCUT2D eigenvalue weighted by Crippen LogP contribution is 2.34. The van der Waals surface area contributed by atoms with E-state index in [1.54, 1.807) is 0 Å². The summed E-state index contributed by atoms with van der Waals surface area (Å²) in [6.07, 6.45) is 1.85. The molecule has 2 atom stereocenters. The molecule has 3 nitrogen and oxygen atoms in total. The van der Waals surface area contributed by atoms with Crippen molar-refractivity contribution in [2.75, 3.05) is 6.54 Å². The minimum atomic E-state index is -0.714. The lowest BCUT2D eigenvalue weighted by molar-refractivity contribution is -0.140. The van der Waals surface area contributed by atoms with Crippen LogP contribution in [-0.2, 0) is 4.79 Å². The van der Waals surface area contributed by atoms with E-state index in [2.05, 4.69) is 26.1 Å². The number of aliphatic carboxylic acids is 1. The minimum Gasteiger partial charge on any atom is -0.480 e. The van der Waals surface area contributed by atoms with Gasteiger partial charge in [0.25, 0.3) is 0 Å². The van der Waals surface area contributed by atoms with Crippen molar-refractivity contribution >= 4 is 18.4 Å². The van der Waals surface area contributed by atoms with Gasteiger partial charge in [0.05, 0.1) is 0 Å². The van der Waals surface area contributed by atoms with Crippen molar-refractivity contribution in [3.63, 3.8) is 0 Å². The molecular formula is C10H20ClNO2. The highest BCUT2D eigenvalue weighted by molar-refractivity contribution is 5.85. The molecule has 2 N–H and O–H groups in total. The number of piperidine rings is 1. The summed E-state index contributed by atoms with van der Waals surface area (Å²) < 4.78 is 0. The van der Waals surface area contributed by atoms with E-state index < -0.39 is 5.97 Å². The number of rotatable bonds is 1. The van der Waals surface area contributed by atoms with Crippen LogP contribution in [0.5, 0.6) is 0 Å². The SMILES string of the molecule is CC(C)(C)[C@@H]1CCN[C@H](C(=O)O)C1.Cl. The van der Waals surface area contributed by atoms with E-state index in [9.17, 15) is 4.79 Å². The summed E-state index contributed by atoms with van der Waals surface area (Å²) in [6.45, 7) is 7.38. The van der Waals surface area contributed by atoms with Crippen molar-refractivity contribution in [3.8, 4) is 0 Å². The highest BCUT2D eigenvalue weighted by Gasteiger charge is 2.33. The molecule has 1 fully saturated rings. The first-order valence-electron chi connectivity index (χ1n) is 4.87. The molecule has 1 heterocycles. The Morgan fingerprint density at radius 2 is 2.00 bits per heavy atom. The van der Waals surface area contributed by atoms with Crippen LogP contribution < -0.4 is 5.32 Å². The fourth-order valence-corrected chi connectivity index (χ4v) is 1.89. The zero-order valence-electron chi connectivity index (χ0n) is 9.04. The van der Waals surface area contributed by atoms with Crippen molar-refractivity contribution in [2.45, 2.75) is 39.7 Å². The lowest BCUT2D eigenvalue weighted by atomic mass is 9.74. The maximum Gasteiger partial charge on any atom is 0.320 e. The Labute approximate surface area is 91.7 Å². The van der Waals surface area contributed by atoms with Crippen molar-refractivity contribution in [2.24, 2.45) is 11.3 Å². The van der Waals surface area contributed by atoms with E-state index in [1.807, 2.05) is 0 Å². The van der Waals surface area contributed by atoms with E-state index in [0.29, 0.717) is 5.92 Å². The molecule has 0 aromatic carbocycles. The Morgan fingerprint density at radius 1 is 1.43 bits per heavy atom. The predicted molar refractivity (Wildman–Crippen MR) is 58.9 cm³/mol. The zero-order chi connectivity index (χ0) is 10.1. The lowest BCUT2D eigenvalue weighted by Gasteiger charge is -2.36. The molecule has 0 amide bonds. The van der Waals surface area contributed by atoms with Crippen molar-refractivity contribution in [3.05, 3.63) is 0 Å². The van der Waals surface area contributed by atoms with Gasteiger partial charge in [-0.15, -0.1) is 12.4 Å². The molecular weight excluding hydrogens is 202 g/mol. The lowest BCUT2D eigenvalue weighted by Crippen LogP contribution is -2.46. The second-order valence-electron chi connectivity index (χ2n) is 4.93. The summed E-state index contributed by atoms with van der Waals surface area (Å²) >= 11 is 0. The Kier molecular flexibility index (Phi) is 4.89. The maximum atomic E-state index is 10.8. The summed E-state index contributed by atoms with van der Waals surface area (Å²) in [4.78, 5) is 10.8. The van der Waals surface area contributed by atoms with Crippen LogP contribution in [-0.4, -0.2) is 23.7 Å². The molecule has 0 radical (unpaired) electrons. The van der Waals surface area contributed by atoms with Crippen LogP contribution in [0.15, 0.2) is 0 Å². The third-order valence-electron chi connectivity index (χ3n) is 2.93. The van der Waals surface area contributed by atoms with Gasteiger partial charge in [0, 0.05) is 0 Å². The summed E-state index contributed by atoms with van der Waals surface area (Å²) in [7, 11) is 0. The molecule has 84 valence electrons. The average molecular weight is 222 g/mol. The van der Waals surface area contributed by atoms with Gasteiger partial charge in [-0.05, 0) is 30.7 Å². The normalized spacial score (nSPS) is 27.9.